The monoisotopic (exact) mass is 318 g/mol. The van der Waals surface area contributed by atoms with Gasteiger partial charge in [0.15, 0.2) is 0 Å². The van der Waals surface area contributed by atoms with Crippen molar-refractivity contribution in [2.24, 2.45) is 0 Å². The van der Waals surface area contributed by atoms with Crippen molar-refractivity contribution in [1.82, 2.24) is 4.90 Å². The van der Waals surface area contributed by atoms with E-state index in [1.807, 2.05) is 19.0 Å². The van der Waals surface area contributed by atoms with Gasteiger partial charge in [0.2, 0.25) is 0 Å². The summed E-state index contributed by atoms with van der Waals surface area (Å²) in [5.41, 5.74) is 0.449. The van der Waals surface area contributed by atoms with E-state index in [1.54, 1.807) is 13.0 Å². The van der Waals surface area contributed by atoms with Gasteiger partial charge in [0.05, 0.1) is 11.3 Å². The lowest BCUT2D eigenvalue weighted by Gasteiger charge is -2.38. The Kier molecular flexibility index (Phi) is 4.84. The molecule has 1 unspecified atom stereocenters. The first-order valence-corrected chi connectivity index (χ1v) is 7.66. The van der Waals surface area contributed by atoms with E-state index < -0.39 is 11.7 Å². The zero-order valence-corrected chi connectivity index (χ0v) is 13.8. The Bertz CT molecular complexity index is 506. The fourth-order valence-corrected chi connectivity index (χ4v) is 3.58. The van der Waals surface area contributed by atoms with Gasteiger partial charge in [-0.25, -0.2) is 0 Å². The molecule has 0 bridgehead atoms. The van der Waals surface area contributed by atoms with Gasteiger partial charge in [-0.1, -0.05) is 6.07 Å². The third kappa shape index (κ3) is 3.70. The molecule has 2 nitrogen and oxygen atoms in total. The number of piperidine rings is 1. The molecule has 1 aliphatic rings. The second-order valence-corrected chi connectivity index (χ2v) is 6.55. The number of alkyl halides is 3. The molecule has 0 radical (unpaired) electrons. The minimum absolute atomic E-state index is 0.329. The maximum absolute atomic E-state index is 13.3. The fourth-order valence-electron chi connectivity index (χ4n) is 2.98. The highest BCUT2D eigenvalue weighted by Gasteiger charge is 2.36. The Morgan fingerprint density at radius 2 is 1.76 bits per heavy atom. The predicted octanol–water partition coefficient (Wildman–Crippen LogP) is 3.04. The molecule has 1 saturated heterocycles. The van der Waals surface area contributed by atoms with E-state index >= 15 is 0 Å². The molecular formula is C15H22F3N2P. The molecule has 0 spiro atoms. The van der Waals surface area contributed by atoms with Gasteiger partial charge in [0.1, 0.15) is 0 Å². The second-order valence-electron chi connectivity index (χ2n) is 5.93. The molecule has 21 heavy (non-hydrogen) atoms. The van der Waals surface area contributed by atoms with E-state index in [-0.39, 0.29) is 0 Å². The van der Waals surface area contributed by atoms with Crippen LogP contribution in [0.2, 0.25) is 0 Å². The molecular weight excluding hydrogens is 296 g/mol. The van der Waals surface area contributed by atoms with E-state index in [4.69, 9.17) is 0 Å². The molecule has 1 aromatic rings. The van der Waals surface area contributed by atoms with Crippen LogP contribution in [0.15, 0.2) is 12.1 Å². The van der Waals surface area contributed by atoms with Crippen molar-refractivity contribution in [3.05, 3.63) is 23.3 Å². The van der Waals surface area contributed by atoms with Gasteiger partial charge in [-0.3, -0.25) is 0 Å². The third-order valence-electron chi connectivity index (χ3n) is 4.10. The molecule has 1 fully saturated rings. The van der Waals surface area contributed by atoms with Crippen molar-refractivity contribution in [3.63, 3.8) is 0 Å². The number of hydrogen-bond donors (Lipinski definition) is 0. The van der Waals surface area contributed by atoms with E-state index in [1.165, 1.54) is 6.07 Å². The Labute approximate surface area is 126 Å². The van der Waals surface area contributed by atoms with Gasteiger partial charge in [0.25, 0.3) is 0 Å². The van der Waals surface area contributed by atoms with Gasteiger partial charge >= 0.3 is 6.18 Å². The number of nitrogens with zero attached hydrogens (tertiary/aromatic N) is 2. The first-order valence-electron chi connectivity index (χ1n) is 7.09. The number of anilines is 1. The molecule has 2 rings (SSSR count). The Morgan fingerprint density at radius 1 is 1.19 bits per heavy atom. The Balaban J connectivity index is 2.32. The van der Waals surface area contributed by atoms with Crippen molar-refractivity contribution in [2.45, 2.75) is 32.0 Å². The number of hydrogen-bond acceptors (Lipinski definition) is 2. The number of aryl methyl sites for hydroxylation is 1. The van der Waals surface area contributed by atoms with Crippen LogP contribution in [0.25, 0.3) is 0 Å². The molecule has 1 atom stereocenters. The zero-order valence-electron chi connectivity index (χ0n) is 12.7. The second kappa shape index (κ2) is 6.13. The SMILES string of the molecule is Cc1cc(P)c(N2CCC(N(C)C)CC2)c(C(F)(F)F)c1. The average Bonchev–Trinajstić information content (AvgIpc) is 2.37. The van der Waals surface area contributed by atoms with Crippen molar-refractivity contribution in [1.29, 1.82) is 0 Å². The molecule has 0 saturated carbocycles. The first kappa shape index (κ1) is 16.6. The normalized spacial score (nSPS) is 17.6. The molecule has 0 aromatic heterocycles. The smallest absolute Gasteiger partial charge is 0.370 e. The molecule has 1 aromatic carbocycles. The van der Waals surface area contributed by atoms with Crippen LogP contribution in [0.4, 0.5) is 18.9 Å². The summed E-state index contributed by atoms with van der Waals surface area (Å²) in [6.45, 7) is 3.03. The molecule has 6 heteroatoms. The van der Waals surface area contributed by atoms with Crippen molar-refractivity contribution in [3.8, 4) is 0 Å². The number of benzene rings is 1. The minimum Gasteiger partial charge on any atom is -0.370 e. The maximum atomic E-state index is 13.3. The Hall–Kier alpha value is -0.800. The van der Waals surface area contributed by atoms with Crippen LogP contribution in [-0.2, 0) is 6.18 Å². The highest BCUT2D eigenvalue weighted by molar-refractivity contribution is 7.28. The lowest BCUT2D eigenvalue weighted by molar-refractivity contribution is -0.137. The third-order valence-corrected chi connectivity index (χ3v) is 4.54. The summed E-state index contributed by atoms with van der Waals surface area (Å²) in [6, 6.07) is 3.50. The first-order chi connectivity index (χ1) is 9.70. The van der Waals surface area contributed by atoms with E-state index in [9.17, 15) is 13.2 Å². The number of rotatable bonds is 2. The van der Waals surface area contributed by atoms with Crippen LogP contribution in [0.1, 0.15) is 24.0 Å². The van der Waals surface area contributed by atoms with Gasteiger partial charge < -0.3 is 9.80 Å². The van der Waals surface area contributed by atoms with Crippen LogP contribution < -0.4 is 10.2 Å². The maximum Gasteiger partial charge on any atom is 0.418 e. The van der Waals surface area contributed by atoms with Crippen molar-refractivity contribution >= 4 is 20.2 Å². The summed E-state index contributed by atoms with van der Waals surface area (Å²) in [5.74, 6) is 0. The molecule has 0 N–H and O–H groups in total. The van der Waals surface area contributed by atoms with E-state index in [0.717, 1.165) is 12.8 Å². The Morgan fingerprint density at radius 3 is 2.24 bits per heavy atom. The van der Waals surface area contributed by atoms with Gasteiger partial charge in [0, 0.05) is 19.1 Å². The summed E-state index contributed by atoms with van der Waals surface area (Å²) in [7, 11) is 6.50. The molecule has 1 heterocycles. The minimum atomic E-state index is -4.31. The standard InChI is InChI=1S/C15H22F3N2P/c1-10-8-12(15(16,17)18)14(13(21)9-10)20-6-4-11(5-7-20)19(2)3/h8-9,11H,4-7,21H2,1-3H3. The fraction of sp³-hybridized carbons (Fsp3) is 0.600. The average molecular weight is 318 g/mol. The van der Waals surface area contributed by atoms with E-state index in [2.05, 4.69) is 14.1 Å². The van der Waals surface area contributed by atoms with Crippen LogP contribution >= 0.6 is 9.24 Å². The van der Waals surface area contributed by atoms with Crippen LogP contribution in [0.3, 0.4) is 0 Å². The summed E-state index contributed by atoms with van der Waals surface area (Å²) < 4.78 is 40.0. The lowest BCUT2D eigenvalue weighted by atomic mass is 10.0. The predicted molar refractivity (Wildman–Crippen MR) is 84.4 cm³/mol. The summed E-state index contributed by atoms with van der Waals surface area (Å²) >= 11 is 0. The van der Waals surface area contributed by atoms with E-state index in [0.29, 0.717) is 35.7 Å². The lowest BCUT2D eigenvalue weighted by Crippen LogP contribution is -2.43. The highest BCUT2D eigenvalue weighted by Crippen LogP contribution is 2.38. The van der Waals surface area contributed by atoms with Crippen LogP contribution in [-0.4, -0.2) is 38.1 Å². The van der Waals surface area contributed by atoms with Gasteiger partial charge in [-0.15, -0.1) is 9.24 Å². The number of halogens is 3. The largest absolute Gasteiger partial charge is 0.418 e. The van der Waals surface area contributed by atoms with Gasteiger partial charge in [-0.2, -0.15) is 13.2 Å². The summed E-state index contributed by atoms with van der Waals surface area (Å²) in [4.78, 5) is 4.03. The quantitative estimate of drug-likeness (QED) is 0.774. The van der Waals surface area contributed by atoms with Crippen LogP contribution in [0.5, 0.6) is 0 Å². The van der Waals surface area contributed by atoms with Crippen molar-refractivity contribution < 1.29 is 13.2 Å². The summed E-state index contributed by atoms with van der Waals surface area (Å²) in [6.07, 6.45) is -2.53. The molecule has 0 aliphatic carbocycles. The molecule has 118 valence electrons. The topological polar surface area (TPSA) is 6.48 Å². The molecule has 0 amide bonds. The molecule has 1 aliphatic heterocycles. The highest BCUT2D eigenvalue weighted by atomic mass is 31.0. The van der Waals surface area contributed by atoms with Crippen molar-refractivity contribution in [2.75, 3.05) is 32.1 Å². The van der Waals surface area contributed by atoms with Crippen LogP contribution in [0, 0.1) is 6.92 Å². The van der Waals surface area contributed by atoms with Gasteiger partial charge in [-0.05, 0) is 50.8 Å². The zero-order chi connectivity index (χ0) is 15.8. The summed E-state index contributed by atoms with van der Waals surface area (Å²) in [5, 5.41) is 0.630.